The lowest BCUT2D eigenvalue weighted by Crippen LogP contribution is -2.45. The average molecular weight is 345 g/mol. The third-order valence-electron chi connectivity index (χ3n) is 5.56. The number of hydrogen-bond acceptors (Lipinski definition) is 3. The van der Waals surface area contributed by atoms with Gasteiger partial charge in [-0.25, -0.2) is 4.79 Å². The summed E-state index contributed by atoms with van der Waals surface area (Å²) in [6.07, 6.45) is 5.41. The van der Waals surface area contributed by atoms with Gasteiger partial charge in [0.05, 0.1) is 6.61 Å². The molecule has 138 valence electrons. The number of nitrogens with one attached hydrogen (secondary N) is 1. The van der Waals surface area contributed by atoms with Gasteiger partial charge in [-0.15, -0.1) is 0 Å². The largest absolute Gasteiger partial charge is 0.381 e. The number of carbonyl (C=O) groups excluding carboxylic acids is 1. The summed E-state index contributed by atoms with van der Waals surface area (Å²) in [5.74, 6) is 0. The molecule has 3 rings (SSSR count). The fourth-order valence-electron chi connectivity index (χ4n) is 3.91. The quantitative estimate of drug-likeness (QED) is 0.773. The molecule has 25 heavy (non-hydrogen) atoms. The molecule has 0 saturated carbocycles. The Bertz CT molecular complexity index is 537. The van der Waals surface area contributed by atoms with E-state index in [2.05, 4.69) is 41.5 Å². The smallest absolute Gasteiger partial charge is 0.317 e. The first-order chi connectivity index (χ1) is 12.2. The van der Waals surface area contributed by atoms with Gasteiger partial charge in [0.2, 0.25) is 0 Å². The molecule has 2 saturated heterocycles. The van der Waals surface area contributed by atoms with Crippen molar-refractivity contribution in [2.24, 2.45) is 0 Å². The molecule has 2 fully saturated rings. The Morgan fingerprint density at radius 1 is 1.16 bits per heavy atom. The summed E-state index contributed by atoms with van der Waals surface area (Å²) < 4.78 is 5.67. The van der Waals surface area contributed by atoms with Crippen molar-refractivity contribution in [2.45, 2.75) is 44.2 Å². The van der Waals surface area contributed by atoms with Crippen LogP contribution in [-0.4, -0.2) is 67.8 Å². The molecule has 2 aliphatic heterocycles. The SMILES string of the molecule is CN1C2CCC1CN(C(=O)NCCCOCCc1ccccc1)CC2. The fourth-order valence-corrected chi connectivity index (χ4v) is 3.91. The molecule has 0 aliphatic carbocycles. The highest BCUT2D eigenvalue weighted by Crippen LogP contribution is 2.28. The molecule has 2 unspecified atom stereocenters. The Morgan fingerprint density at radius 2 is 1.96 bits per heavy atom. The van der Waals surface area contributed by atoms with Crippen molar-refractivity contribution in [2.75, 3.05) is 39.9 Å². The highest BCUT2D eigenvalue weighted by atomic mass is 16.5. The highest BCUT2D eigenvalue weighted by Gasteiger charge is 2.35. The van der Waals surface area contributed by atoms with Crippen LogP contribution in [0.15, 0.2) is 30.3 Å². The van der Waals surface area contributed by atoms with Gasteiger partial charge in [-0.3, -0.25) is 4.90 Å². The Balaban J connectivity index is 1.26. The van der Waals surface area contributed by atoms with Gasteiger partial charge in [-0.2, -0.15) is 0 Å². The molecule has 2 atom stereocenters. The number of hydrogen-bond donors (Lipinski definition) is 1. The zero-order valence-electron chi connectivity index (χ0n) is 15.3. The summed E-state index contributed by atoms with van der Waals surface area (Å²) in [7, 11) is 2.20. The minimum absolute atomic E-state index is 0.0882. The molecular weight excluding hydrogens is 314 g/mol. The summed E-state index contributed by atoms with van der Waals surface area (Å²) in [4.78, 5) is 16.8. The Morgan fingerprint density at radius 3 is 2.80 bits per heavy atom. The first-order valence-corrected chi connectivity index (χ1v) is 9.60. The van der Waals surface area contributed by atoms with Crippen LogP contribution in [0.3, 0.4) is 0 Å². The van der Waals surface area contributed by atoms with Crippen LogP contribution in [-0.2, 0) is 11.2 Å². The second kappa shape index (κ2) is 9.20. The number of likely N-dealkylation sites (tertiary alicyclic amines) is 1. The van der Waals surface area contributed by atoms with Crippen molar-refractivity contribution >= 4 is 6.03 Å². The molecule has 2 amide bonds. The van der Waals surface area contributed by atoms with Crippen LogP contribution in [0, 0.1) is 0 Å². The number of rotatable bonds is 7. The molecule has 1 aromatic carbocycles. The number of nitrogens with zero attached hydrogens (tertiary/aromatic N) is 2. The maximum Gasteiger partial charge on any atom is 0.317 e. The molecule has 5 heteroatoms. The van der Waals surface area contributed by atoms with Crippen LogP contribution in [0.4, 0.5) is 4.79 Å². The van der Waals surface area contributed by atoms with E-state index >= 15 is 0 Å². The van der Waals surface area contributed by atoms with Gasteiger partial charge in [0, 0.05) is 38.3 Å². The minimum atomic E-state index is 0.0882. The third-order valence-corrected chi connectivity index (χ3v) is 5.56. The van der Waals surface area contributed by atoms with E-state index in [1.165, 1.54) is 18.4 Å². The number of fused-ring (bicyclic) bond motifs is 2. The van der Waals surface area contributed by atoms with Crippen LogP contribution >= 0.6 is 0 Å². The van der Waals surface area contributed by atoms with E-state index in [9.17, 15) is 4.79 Å². The fraction of sp³-hybridized carbons (Fsp3) is 0.650. The van der Waals surface area contributed by atoms with Crippen LogP contribution in [0.25, 0.3) is 0 Å². The molecule has 0 aromatic heterocycles. The number of likely N-dealkylation sites (N-methyl/N-ethyl adjacent to an activating group) is 1. The lowest BCUT2D eigenvalue weighted by Gasteiger charge is -2.26. The Labute approximate surface area is 151 Å². The number of carbonyl (C=O) groups is 1. The number of benzene rings is 1. The van der Waals surface area contributed by atoms with Crippen molar-refractivity contribution in [3.05, 3.63) is 35.9 Å². The first kappa shape index (κ1) is 18.2. The van der Waals surface area contributed by atoms with E-state index in [-0.39, 0.29) is 6.03 Å². The van der Waals surface area contributed by atoms with Crippen LogP contribution in [0.2, 0.25) is 0 Å². The molecule has 5 nitrogen and oxygen atoms in total. The molecule has 1 aromatic rings. The molecule has 0 radical (unpaired) electrons. The average Bonchev–Trinajstić information content (AvgIpc) is 2.87. The monoisotopic (exact) mass is 345 g/mol. The van der Waals surface area contributed by atoms with E-state index < -0.39 is 0 Å². The summed E-state index contributed by atoms with van der Waals surface area (Å²) in [6, 6.07) is 11.7. The zero-order chi connectivity index (χ0) is 17.5. The maximum absolute atomic E-state index is 12.4. The van der Waals surface area contributed by atoms with E-state index in [1.807, 2.05) is 11.0 Å². The van der Waals surface area contributed by atoms with Crippen molar-refractivity contribution < 1.29 is 9.53 Å². The Kier molecular flexibility index (Phi) is 6.70. The van der Waals surface area contributed by atoms with Crippen LogP contribution in [0.1, 0.15) is 31.2 Å². The van der Waals surface area contributed by atoms with Crippen molar-refractivity contribution in [3.8, 4) is 0 Å². The standard InChI is InChI=1S/C20H31N3O2/c1-22-18-8-9-19(22)16-23(13-10-18)20(24)21-12-5-14-25-15-11-17-6-3-2-4-7-17/h2-4,6-7,18-19H,5,8-16H2,1H3,(H,21,24). The van der Waals surface area contributed by atoms with Gasteiger partial charge in [-0.05, 0) is 44.7 Å². The molecular formula is C20H31N3O2. The molecule has 1 N–H and O–H groups in total. The van der Waals surface area contributed by atoms with Gasteiger partial charge < -0.3 is 15.0 Å². The van der Waals surface area contributed by atoms with Gasteiger partial charge in [0.1, 0.15) is 0 Å². The number of amides is 2. The summed E-state index contributed by atoms with van der Waals surface area (Å²) >= 11 is 0. The predicted molar refractivity (Wildman–Crippen MR) is 99.7 cm³/mol. The second-order valence-electron chi connectivity index (χ2n) is 7.22. The minimum Gasteiger partial charge on any atom is -0.381 e. The molecule has 2 bridgehead atoms. The summed E-state index contributed by atoms with van der Waals surface area (Å²) in [5.41, 5.74) is 1.30. The van der Waals surface area contributed by atoms with Crippen LogP contribution in [0.5, 0.6) is 0 Å². The lowest BCUT2D eigenvalue weighted by atomic mass is 10.1. The third kappa shape index (κ3) is 5.19. The second-order valence-corrected chi connectivity index (χ2v) is 7.22. The van der Waals surface area contributed by atoms with Gasteiger partial charge in [0.25, 0.3) is 0 Å². The van der Waals surface area contributed by atoms with E-state index in [0.29, 0.717) is 25.2 Å². The van der Waals surface area contributed by atoms with Gasteiger partial charge in [0.15, 0.2) is 0 Å². The molecule has 2 aliphatic rings. The normalized spacial score (nSPS) is 23.5. The molecule has 0 spiro atoms. The first-order valence-electron chi connectivity index (χ1n) is 9.60. The topological polar surface area (TPSA) is 44.8 Å². The predicted octanol–water partition coefficient (Wildman–Crippen LogP) is 2.51. The van der Waals surface area contributed by atoms with Gasteiger partial charge >= 0.3 is 6.03 Å². The van der Waals surface area contributed by atoms with Crippen molar-refractivity contribution in [1.29, 1.82) is 0 Å². The van der Waals surface area contributed by atoms with E-state index in [4.69, 9.17) is 4.74 Å². The summed E-state index contributed by atoms with van der Waals surface area (Å²) in [5, 5.41) is 3.05. The van der Waals surface area contributed by atoms with E-state index in [1.54, 1.807) is 0 Å². The summed E-state index contributed by atoms with van der Waals surface area (Å²) in [6.45, 7) is 3.86. The molecule has 2 heterocycles. The van der Waals surface area contributed by atoms with Crippen LogP contribution < -0.4 is 5.32 Å². The lowest BCUT2D eigenvalue weighted by molar-refractivity contribution is 0.134. The van der Waals surface area contributed by atoms with Gasteiger partial charge in [-0.1, -0.05) is 30.3 Å². The van der Waals surface area contributed by atoms with Crippen molar-refractivity contribution in [1.82, 2.24) is 15.1 Å². The highest BCUT2D eigenvalue weighted by molar-refractivity contribution is 5.74. The zero-order valence-corrected chi connectivity index (χ0v) is 15.3. The number of ether oxygens (including phenoxy) is 1. The maximum atomic E-state index is 12.4. The van der Waals surface area contributed by atoms with E-state index in [0.717, 1.165) is 39.0 Å². The number of urea groups is 1. The van der Waals surface area contributed by atoms with Crippen molar-refractivity contribution in [3.63, 3.8) is 0 Å². The Hall–Kier alpha value is -1.59.